The van der Waals surface area contributed by atoms with E-state index in [0.717, 1.165) is 0 Å². The topological polar surface area (TPSA) is 144 Å². The summed E-state index contributed by atoms with van der Waals surface area (Å²) < 4.78 is 8.20. The SMILES string of the molecule is C[C@@H]1[C@@H]([Si](C)(C)O)[C@H](CCn2cc(CCO)nn2)O[C@@]12C(=O)N(C)c1ccc([N+](=O)[O-])cc12. The van der Waals surface area contributed by atoms with Crippen molar-refractivity contribution < 1.29 is 24.4 Å². The van der Waals surface area contributed by atoms with Crippen LogP contribution in [0.2, 0.25) is 18.6 Å². The Hall–Kier alpha value is -2.67. The Morgan fingerprint density at radius 1 is 1.36 bits per heavy atom. The van der Waals surface area contributed by atoms with Crippen molar-refractivity contribution in [1.29, 1.82) is 0 Å². The normalized spacial score (nSPS) is 26.9. The highest BCUT2D eigenvalue weighted by molar-refractivity contribution is 6.71. The van der Waals surface area contributed by atoms with Crippen LogP contribution in [0.4, 0.5) is 11.4 Å². The number of rotatable bonds is 7. The molecule has 178 valence electrons. The molecule has 0 saturated carbocycles. The van der Waals surface area contributed by atoms with E-state index in [0.29, 0.717) is 36.3 Å². The fourth-order valence-electron chi connectivity index (χ4n) is 5.49. The third kappa shape index (κ3) is 3.76. The summed E-state index contributed by atoms with van der Waals surface area (Å²) in [5.41, 5.74) is -0.0281. The summed E-state index contributed by atoms with van der Waals surface area (Å²) in [6, 6.07) is 4.39. The molecule has 2 aliphatic heterocycles. The minimum absolute atomic E-state index is 0.0159. The van der Waals surface area contributed by atoms with E-state index in [-0.39, 0.29) is 29.7 Å². The number of aliphatic hydroxyl groups excluding tert-OH is 1. The number of likely N-dealkylation sites (N-methyl/N-ethyl adjacent to an activating group) is 1. The molecule has 4 atom stereocenters. The standard InChI is InChI=1S/C21H29N5O6Si/c1-13-19(33(3,4)31)18(7-9-25-12-14(8-10-27)22-23-25)32-21(13)16-11-15(26(29)30)5-6-17(16)24(2)20(21)28/h5-6,11-13,18-19,27,31H,7-10H2,1-4H3/t13-,18+,19-,21+/m1/s1. The molecule has 12 heteroatoms. The zero-order chi connectivity index (χ0) is 24.1. The Kier molecular flexibility index (Phi) is 5.89. The predicted octanol–water partition coefficient (Wildman–Crippen LogP) is 1.59. The van der Waals surface area contributed by atoms with E-state index >= 15 is 0 Å². The highest BCUT2D eigenvalue weighted by Crippen LogP contribution is 2.59. The summed E-state index contributed by atoms with van der Waals surface area (Å²) in [5, 5.41) is 28.6. The third-order valence-electron chi connectivity index (χ3n) is 6.91. The fraction of sp³-hybridized carbons (Fsp3) is 0.571. The number of ether oxygens (including phenoxy) is 1. The lowest BCUT2D eigenvalue weighted by Crippen LogP contribution is -2.45. The van der Waals surface area contributed by atoms with E-state index in [9.17, 15) is 19.7 Å². The molecule has 3 heterocycles. The number of nitrogens with zero attached hydrogens (tertiary/aromatic N) is 5. The fourth-order valence-corrected chi connectivity index (χ4v) is 8.09. The third-order valence-corrected chi connectivity index (χ3v) is 9.41. The van der Waals surface area contributed by atoms with Gasteiger partial charge in [-0.2, -0.15) is 0 Å². The van der Waals surface area contributed by atoms with Crippen LogP contribution in [-0.4, -0.2) is 63.8 Å². The van der Waals surface area contributed by atoms with Crippen LogP contribution in [0.3, 0.4) is 0 Å². The summed E-state index contributed by atoms with van der Waals surface area (Å²) >= 11 is 0. The summed E-state index contributed by atoms with van der Waals surface area (Å²) in [6.07, 6.45) is 2.21. The van der Waals surface area contributed by atoms with Crippen molar-refractivity contribution in [3.63, 3.8) is 0 Å². The van der Waals surface area contributed by atoms with Crippen LogP contribution < -0.4 is 4.90 Å². The van der Waals surface area contributed by atoms with Crippen molar-refractivity contribution in [2.24, 2.45) is 5.92 Å². The molecule has 1 fully saturated rings. The summed E-state index contributed by atoms with van der Waals surface area (Å²) in [7, 11) is -1.17. The van der Waals surface area contributed by atoms with Crippen LogP contribution in [0, 0.1) is 16.0 Å². The summed E-state index contributed by atoms with van der Waals surface area (Å²) in [5.74, 6) is -0.657. The second-order valence-corrected chi connectivity index (χ2v) is 13.4. The van der Waals surface area contributed by atoms with E-state index in [1.54, 1.807) is 24.0 Å². The van der Waals surface area contributed by atoms with Crippen LogP contribution >= 0.6 is 0 Å². The summed E-state index contributed by atoms with van der Waals surface area (Å²) in [4.78, 5) is 37.2. The first-order chi connectivity index (χ1) is 15.5. The van der Waals surface area contributed by atoms with Crippen molar-refractivity contribution in [3.05, 3.63) is 45.8 Å². The lowest BCUT2D eigenvalue weighted by atomic mass is 9.82. The maximum Gasteiger partial charge on any atom is 0.269 e. The average Bonchev–Trinajstić information content (AvgIpc) is 3.38. The minimum atomic E-state index is -2.81. The molecule has 1 amide bonds. The van der Waals surface area contributed by atoms with E-state index in [1.807, 2.05) is 20.0 Å². The maximum atomic E-state index is 13.6. The number of benzene rings is 1. The first-order valence-corrected chi connectivity index (χ1v) is 14.0. The van der Waals surface area contributed by atoms with Crippen LogP contribution in [0.25, 0.3) is 0 Å². The Labute approximate surface area is 192 Å². The molecule has 1 spiro atoms. The van der Waals surface area contributed by atoms with Crippen LogP contribution in [0.15, 0.2) is 24.4 Å². The smallest absolute Gasteiger partial charge is 0.269 e. The molecule has 0 bridgehead atoms. The van der Waals surface area contributed by atoms with Crippen molar-refractivity contribution >= 4 is 25.6 Å². The molecular formula is C21H29N5O6Si. The van der Waals surface area contributed by atoms with Crippen LogP contribution in [0.1, 0.15) is 24.6 Å². The van der Waals surface area contributed by atoms with Gasteiger partial charge in [0.2, 0.25) is 0 Å². The van der Waals surface area contributed by atoms with Gasteiger partial charge in [0.05, 0.1) is 22.4 Å². The number of hydrogen-bond donors (Lipinski definition) is 2. The van der Waals surface area contributed by atoms with Crippen LogP contribution in [-0.2, 0) is 28.1 Å². The number of fused-ring (bicyclic) bond motifs is 2. The lowest BCUT2D eigenvalue weighted by molar-refractivity contribution is -0.385. The number of non-ortho nitro benzene ring substituents is 1. The van der Waals surface area contributed by atoms with Crippen molar-refractivity contribution in [1.82, 2.24) is 15.0 Å². The first-order valence-electron chi connectivity index (χ1n) is 11.0. The molecule has 0 unspecified atom stereocenters. The molecule has 2 aromatic rings. The molecule has 1 aromatic heterocycles. The van der Waals surface area contributed by atoms with E-state index in [2.05, 4.69) is 10.3 Å². The monoisotopic (exact) mass is 475 g/mol. The van der Waals surface area contributed by atoms with Gasteiger partial charge in [0.25, 0.3) is 11.6 Å². The number of carbonyl (C=O) groups excluding carboxylic acids is 1. The molecule has 1 aromatic carbocycles. The zero-order valence-electron chi connectivity index (χ0n) is 19.1. The van der Waals surface area contributed by atoms with Gasteiger partial charge < -0.3 is 19.5 Å². The molecule has 0 radical (unpaired) electrons. The van der Waals surface area contributed by atoms with E-state index < -0.39 is 24.9 Å². The Bertz CT molecular complexity index is 1090. The average molecular weight is 476 g/mol. The van der Waals surface area contributed by atoms with Gasteiger partial charge in [0, 0.05) is 62.0 Å². The Morgan fingerprint density at radius 2 is 2.09 bits per heavy atom. The number of anilines is 1. The highest BCUT2D eigenvalue weighted by Gasteiger charge is 2.65. The maximum absolute atomic E-state index is 13.6. The second-order valence-electron chi connectivity index (χ2n) is 9.42. The number of aliphatic hydroxyl groups is 1. The van der Waals surface area contributed by atoms with Gasteiger partial charge in [-0.05, 0) is 25.6 Å². The molecule has 1 saturated heterocycles. The zero-order valence-corrected chi connectivity index (χ0v) is 20.1. The van der Waals surface area contributed by atoms with Gasteiger partial charge in [0.15, 0.2) is 13.9 Å². The predicted molar refractivity (Wildman–Crippen MR) is 121 cm³/mol. The van der Waals surface area contributed by atoms with Crippen molar-refractivity contribution in [2.75, 3.05) is 18.6 Å². The van der Waals surface area contributed by atoms with Crippen LogP contribution in [0.5, 0.6) is 0 Å². The summed E-state index contributed by atoms with van der Waals surface area (Å²) in [6.45, 7) is 5.99. The molecule has 33 heavy (non-hydrogen) atoms. The van der Waals surface area contributed by atoms with E-state index in [4.69, 9.17) is 9.84 Å². The van der Waals surface area contributed by atoms with Gasteiger partial charge in [-0.15, -0.1) is 5.10 Å². The van der Waals surface area contributed by atoms with Gasteiger partial charge in [-0.3, -0.25) is 19.6 Å². The largest absolute Gasteiger partial charge is 0.432 e. The molecular weight excluding hydrogens is 446 g/mol. The number of carbonyl (C=O) groups is 1. The highest BCUT2D eigenvalue weighted by atomic mass is 28.4. The van der Waals surface area contributed by atoms with Gasteiger partial charge in [0.1, 0.15) is 0 Å². The van der Waals surface area contributed by atoms with Crippen molar-refractivity contribution in [2.45, 2.75) is 56.7 Å². The number of nitro benzene ring substituents is 1. The quantitative estimate of drug-likeness (QED) is 0.349. The molecule has 11 nitrogen and oxygen atoms in total. The Morgan fingerprint density at radius 3 is 2.73 bits per heavy atom. The number of aryl methyl sites for hydroxylation is 1. The minimum Gasteiger partial charge on any atom is -0.432 e. The second kappa shape index (κ2) is 8.28. The molecule has 2 aliphatic rings. The molecule has 0 aliphatic carbocycles. The number of hydrogen-bond acceptors (Lipinski definition) is 8. The van der Waals surface area contributed by atoms with Gasteiger partial charge >= 0.3 is 0 Å². The lowest BCUT2D eigenvalue weighted by Gasteiger charge is -2.32. The number of nitro groups is 1. The molecule has 2 N–H and O–H groups in total. The van der Waals surface area contributed by atoms with Gasteiger partial charge in [-0.1, -0.05) is 12.1 Å². The van der Waals surface area contributed by atoms with Gasteiger partial charge in [-0.25, -0.2) is 0 Å². The van der Waals surface area contributed by atoms with Crippen molar-refractivity contribution in [3.8, 4) is 0 Å². The first kappa shape index (κ1) is 23.5. The van der Waals surface area contributed by atoms with E-state index in [1.165, 1.54) is 17.0 Å². The number of amides is 1. The Balaban J connectivity index is 1.71. The number of aromatic nitrogens is 3. The molecule has 4 rings (SSSR count).